The van der Waals surface area contributed by atoms with Crippen LogP contribution in [0.4, 0.5) is 0 Å². The Balaban J connectivity index is 1.21. The smallest absolute Gasteiger partial charge is 0.253 e. The average Bonchev–Trinajstić information content (AvgIpc) is 3.29. The van der Waals surface area contributed by atoms with E-state index in [1.165, 1.54) is 32.1 Å². The van der Waals surface area contributed by atoms with Crippen LogP contribution in [0.25, 0.3) is 10.9 Å². The third-order valence-corrected chi connectivity index (χ3v) is 7.85. The standard InChI is InChI=1S/C25H35N3O3/c1-30-15-16-31-23-18-28(25(23)10-3-2-4-11-25)21-8-13-27(14-9-21)24(29)20-6-5-19-7-12-26-22(19)17-20/h5-7,12,17,21,23,26H,2-4,8-11,13-16,18H2,1H3. The largest absolute Gasteiger partial charge is 0.382 e. The van der Waals surface area contributed by atoms with Crippen molar-refractivity contribution in [2.45, 2.75) is 62.6 Å². The van der Waals surface area contributed by atoms with Crippen LogP contribution in [0.3, 0.4) is 0 Å². The number of likely N-dealkylation sites (tertiary alicyclic amines) is 2. The first-order chi connectivity index (χ1) is 15.2. The van der Waals surface area contributed by atoms with Gasteiger partial charge in [-0.1, -0.05) is 25.3 Å². The van der Waals surface area contributed by atoms with Gasteiger partial charge in [-0.25, -0.2) is 0 Å². The van der Waals surface area contributed by atoms with E-state index < -0.39 is 0 Å². The van der Waals surface area contributed by atoms with E-state index in [9.17, 15) is 4.79 Å². The summed E-state index contributed by atoms with van der Waals surface area (Å²) in [6.07, 6.45) is 10.8. The number of fused-ring (bicyclic) bond motifs is 1. The van der Waals surface area contributed by atoms with Crippen molar-refractivity contribution in [2.75, 3.05) is 40.0 Å². The van der Waals surface area contributed by atoms with Crippen LogP contribution in [-0.4, -0.2) is 78.3 Å². The Labute approximate surface area is 184 Å². The minimum Gasteiger partial charge on any atom is -0.382 e. The number of benzene rings is 1. The molecule has 6 heteroatoms. The number of carbonyl (C=O) groups is 1. The average molecular weight is 426 g/mol. The van der Waals surface area contributed by atoms with Crippen molar-refractivity contribution in [1.29, 1.82) is 0 Å². The predicted octanol–water partition coefficient (Wildman–Crippen LogP) is 3.82. The SMILES string of the molecule is COCCOC1CN(C2CCN(C(=O)c3ccc4cc[nH]c4c3)CC2)C12CCCCC2. The zero-order chi connectivity index (χ0) is 21.3. The van der Waals surface area contributed by atoms with Gasteiger partial charge in [-0.2, -0.15) is 0 Å². The molecule has 5 rings (SSSR count). The summed E-state index contributed by atoms with van der Waals surface area (Å²) in [5.41, 5.74) is 2.04. The van der Waals surface area contributed by atoms with Gasteiger partial charge in [0.2, 0.25) is 0 Å². The Morgan fingerprint density at radius 2 is 1.94 bits per heavy atom. The number of nitrogens with one attached hydrogen (secondary N) is 1. The highest BCUT2D eigenvalue weighted by Gasteiger charge is 2.56. The number of aromatic nitrogens is 1. The number of aromatic amines is 1. The first-order valence-corrected chi connectivity index (χ1v) is 11.9. The highest BCUT2D eigenvalue weighted by molar-refractivity contribution is 5.98. The molecule has 1 atom stereocenters. The lowest BCUT2D eigenvalue weighted by Gasteiger charge is -2.63. The zero-order valence-corrected chi connectivity index (χ0v) is 18.6. The number of H-pyrrole nitrogens is 1. The molecule has 2 aliphatic heterocycles. The lowest BCUT2D eigenvalue weighted by atomic mass is 9.69. The molecule has 3 heterocycles. The van der Waals surface area contributed by atoms with E-state index in [-0.39, 0.29) is 11.4 Å². The second-order valence-corrected chi connectivity index (χ2v) is 9.47. The molecule has 1 aromatic heterocycles. The molecule has 1 unspecified atom stereocenters. The van der Waals surface area contributed by atoms with E-state index in [1.54, 1.807) is 7.11 Å². The Morgan fingerprint density at radius 3 is 2.71 bits per heavy atom. The molecule has 1 spiro atoms. The molecule has 1 aliphatic carbocycles. The molecule has 1 amide bonds. The first-order valence-electron chi connectivity index (χ1n) is 11.9. The number of hydrogen-bond donors (Lipinski definition) is 1. The molecule has 3 aliphatic rings. The zero-order valence-electron chi connectivity index (χ0n) is 18.6. The predicted molar refractivity (Wildman–Crippen MR) is 121 cm³/mol. The van der Waals surface area contributed by atoms with Gasteiger partial charge in [0.1, 0.15) is 0 Å². The summed E-state index contributed by atoms with van der Waals surface area (Å²) in [6.45, 7) is 4.07. The van der Waals surface area contributed by atoms with Crippen LogP contribution in [0, 0.1) is 0 Å². The van der Waals surface area contributed by atoms with Crippen molar-refractivity contribution >= 4 is 16.8 Å². The maximum absolute atomic E-state index is 13.1. The fourth-order valence-corrected chi connectivity index (χ4v) is 6.11. The van der Waals surface area contributed by atoms with Crippen LogP contribution in [0.1, 0.15) is 55.3 Å². The minimum atomic E-state index is 0.159. The fourth-order valence-electron chi connectivity index (χ4n) is 6.11. The van der Waals surface area contributed by atoms with Gasteiger partial charge in [0, 0.05) is 55.6 Å². The number of methoxy groups -OCH3 is 1. The van der Waals surface area contributed by atoms with E-state index in [0.29, 0.717) is 25.4 Å². The van der Waals surface area contributed by atoms with Crippen LogP contribution in [0.5, 0.6) is 0 Å². The monoisotopic (exact) mass is 425 g/mol. The number of nitrogens with zero attached hydrogens (tertiary/aromatic N) is 2. The van der Waals surface area contributed by atoms with Crippen LogP contribution in [0.2, 0.25) is 0 Å². The molecule has 1 N–H and O–H groups in total. The quantitative estimate of drug-likeness (QED) is 0.715. The highest BCUT2D eigenvalue weighted by Crippen LogP contribution is 2.47. The van der Waals surface area contributed by atoms with E-state index >= 15 is 0 Å². The maximum atomic E-state index is 13.1. The number of carbonyl (C=O) groups excluding carboxylic acids is 1. The summed E-state index contributed by atoms with van der Waals surface area (Å²) >= 11 is 0. The molecule has 0 bridgehead atoms. The molecule has 1 saturated carbocycles. The first kappa shape index (κ1) is 21.0. The molecule has 1 aromatic carbocycles. The van der Waals surface area contributed by atoms with E-state index in [0.717, 1.165) is 48.9 Å². The molecular weight excluding hydrogens is 390 g/mol. The van der Waals surface area contributed by atoms with E-state index in [1.807, 2.05) is 35.4 Å². The molecule has 6 nitrogen and oxygen atoms in total. The third-order valence-electron chi connectivity index (χ3n) is 7.85. The summed E-state index contributed by atoms with van der Waals surface area (Å²) in [6, 6.07) is 8.57. The minimum absolute atomic E-state index is 0.159. The number of hydrogen-bond acceptors (Lipinski definition) is 4. The molecule has 2 saturated heterocycles. The van der Waals surface area contributed by atoms with Gasteiger partial charge in [0.25, 0.3) is 5.91 Å². The van der Waals surface area contributed by atoms with Crippen molar-refractivity contribution in [2.24, 2.45) is 0 Å². The third kappa shape index (κ3) is 3.90. The number of ether oxygens (including phenoxy) is 2. The summed E-state index contributed by atoms with van der Waals surface area (Å²) in [5.74, 6) is 0.159. The Morgan fingerprint density at radius 1 is 1.13 bits per heavy atom. The van der Waals surface area contributed by atoms with Crippen molar-refractivity contribution < 1.29 is 14.3 Å². The van der Waals surface area contributed by atoms with Crippen molar-refractivity contribution in [1.82, 2.24) is 14.8 Å². The molecule has 168 valence electrons. The molecular formula is C25H35N3O3. The van der Waals surface area contributed by atoms with Crippen LogP contribution < -0.4 is 0 Å². The second kappa shape index (κ2) is 8.93. The van der Waals surface area contributed by atoms with Gasteiger partial charge in [-0.15, -0.1) is 0 Å². The van der Waals surface area contributed by atoms with Crippen LogP contribution in [-0.2, 0) is 9.47 Å². The van der Waals surface area contributed by atoms with Gasteiger partial charge in [-0.3, -0.25) is 9.69 Å². The van der Waals surface area contributed by atoms with Crippen LogP contribution in [0.15, 0.2) is 30.5 Å². The fraction of sp³-hybridized carbons (Fsp3) is 0.640. The summed E-state index contributed by atoms with van der Waals surface area (Å²) in [7, 11) is 1.73. The Bertz CT molecular complexity index is 896. The van der Waals surface area contributed by atoms with Gasteiger partial charge in [-0.05, 0) is 49.3 Å². The lowest BCUT2D eigenvalue weighted by molar-refractivity contribution is -0.203. The maximum Gasteiger partial charge on any atom is 0.253 e. The normalized spacial score (nSPS) is 24.5. The van der Waals surface area contributed by atoms with Gasteiger partial charge in [0.15, 0.2) is 0 Å². The van der Waals surface area contributed by atoms with Crippen molar-refractivity contribution in [3.63, 3.8) is 0 Å². The molecule has 2 aromatic rings. The Hall–Kier alpha value is -1.89. The molecule has 0 radical (unpaired) electrons. The van der Waals surface area contributed by atoms with Crippen molar-refractivity contribution in [3.05, 3.63) is 36.0 Å². The second-order valence-electron chi connectivity index (χ2n) is 9.47. The molecule has 31 heavy (non-hydrogen) atoms. The summed E-state index contributed by atoms with van der Waals surface area (Å²) in [4.78, 5) is 21.1. The van der Waals surface area contributed by atoms with Crippen LogP contribution >= 0.6 is 0 Å². The highest BCUT2D eigenvalue weighted by atomic mass is 16.5. The number of rotatable bonds is 6. The van der Waals surface area contributed by atoms with Gasteiger partial charge >= 0.3 is 0 Å². The van der Waals surface area contributed by atoms with E-state index in [2.05, 4.69) is 9.88 Å². The van der Waals surface area contributed by atoms with Crippen molar-refractivity contribution in [3.8, 4) is 0 Å². The van der Waals surface area contributed by atoms with Gasteiger partial charge < -0.3 is 19.4 Å². The lowest BCUT2D eigenvalue weighted by Crippen LogP contribution is -2.75. The number of amides is 1. The molecule has 3 fully saturated rings. The summed E-state index contributed by atoms with van der Waals surface area (Å²) < 4.78 is 11.4. The Kier molecular flexibility index (Phi) is 6.04. The van der Waals surface area contributed by atoms with Gasteiger partial charge in [0.05, 0.1) is 19.3 Å². The van der Waals surface area contributed by atoms with E-state index in [4.69, 9.17) is 9.47 Å². The topological polar surface area (TPSA) is 57.8 Å². The number of piperidine rings is 1. The summed E-state index contributed by atoms with van der Waals surface area (Å²) in [5, 5.41) is 1.15.